The molecule has 0 unspecified atom stereocenters. The van der Waals surface area contributed by atoms with Crippen molar-refractivity contribution in [2.24, 2.45) is 0 Å². The van der Waals surface area contributed by atoms with Crippen molar-refractivity contribution in [3.8, 4) is 11.5 Å². The van der Waals surface area contributed by atoms with Crippen molar-refractivity contribution in [3.05, 3.63) is 119 Å². The van der Waals surface area contributed by atoms with Crippen LogP contribution in [0.15, 0.2) is 84.9 Å². The van der Waals surface area contributed by atoms with E-state index in [1.165, 1.54) is 36.4 Å². The van der Waals surface area contributed by atoms with E-state index >= 15 is 0 Å². The Kier molecular flexibility index (Phi) is 4.94. The summed E-state index contributed by atoms with van der Waals surface area (Å²) in [5.41, 5.74) is 0.889. The summed E-state index contributed by atoms with van der Waals surface area (Å²) in [6.07, 6.45) is 0. The Morgan fingerprint density at radius 1 is 0.459 bits per heavy atom. The maximum atomic E-state index is 13.5. The Hall–Kier alpha value is -5.18. The molecular weight excluding hydrogens is 482 g/mol. The van der Waals surface area contributed by atoms with Gasteiger partial charge in [-0.1, -0.05) is 0 Å². The van der Waals surface area contributed by atoms with E-state index in [2.05, 4.69) is 0 Å². The average molecular weight is 496 g/mol. The van der Waals surface area contributed by atoms with Crippen LogP contribution in [0.5, 0.6) is 11.5 Å². The van der Waals surface area contributed by atoms with Crippen LogP contribution >= 0.6 is 0 Å². The first-order valence-electron chi connectivity index (χ1n) is 11.1. The number of amides is 4. The number of fused-ring (bicyclic) bond motifs is 2. The minimum absolute atomic E-state index is 0.00797. The average Bonchev–Trinajstić information content (AvgIpc) is 3.28. The number of hydrogen-bond acceptors (Lipinski definition) is 5. The standard InChI is InChI=1S/C28H14F2N2O5/c29-15-1-11-21-23(13-15)27(35)31(25(21)33)17-3-7-19(8-4-17)37-20-9-5-18(6-10-20)32-26(34)22-12-2-16(30)14-24(22)28(32)36/h1-14H. The molecule has 7 nitrogen and oxygen atoms in total. The van der Waals surface area contributed by atoms with Crippen LogP contribution in [0.25, 0.3) is 0 Å². The fourth-order valence-corrected chi connectivity index (χ4v) is 4.36. The van der Waals surface area contributed by atoms with Gasteiger partial charge in [0.25, 0.3) is 23.6 Å². The SMILES string of the molecule is O=C1c2ccc(F)cc2C(=O)N1c1ccc(Oc2ccc(N3C(=O)c4ccc(F)cc4C3=O)cc2)cc1. The second kappa shape index (κ2) is 8.20. The highest BCUT2D eigenvalue weighted by Crippen LogP contribution is 2.33. The number of benzene rings is 4. The zero-order valence-corrected chi connectivity index (χ0v) is 18.8. The van der Waals surface area contributed by atoms with E-state index in [-0.39, 0.29) is 22.3 Å². The first kappa shape index (κ1) is 22.3. The van der Waals surface area contributed by atoms with Crippen molar-refractivity contribution in [1.82, 2.24) is 0 Å². The van der Waals surface area contributed by atoms with Crippen LogP contribution in [0.1, 0.15) is 41.4 Å². The van der Waals surface area contributed by atoms with E-state index in [4.69, 9.17) is 4.74 Å². The lowest BCUT2D eigenvalue weighted by atomic mass is 10.1. The van der Waals surface area contributed by atoms with Crippen LogP contribution in [0.2, 0.25) is 0 Å². The van der Waals surface area contributed by atoms with Gasteiger partial charge in [-0.3, -0.25) is 19.2 Å². The lowest BCUT2D eigenvalue weighted by Crippen LogP contribution is -2.29. The summed E-state index contributed by atoms with van der Waals surface area (Å²) in [4.78, 5) is 52.5. The van der Waals surface area contributed by atoms with Gasteiger partial charge in [0.2, 0.25) is 0 Å². The zero-order valence-electron chi connectivity index (χ0n) is 18.8. The summed E-state index contributed by atoms with van der Waals surface area (Å²) in [5.74, 6) is -2.72. The van der Waals surface area contributed by atoms with Crippen LogP contribution in [0.4, 0.5) is 20.2 Å². The molecule has 4 amide bonds. The van der Waals surface area contributed by atoms with Gasteiger partial charge in [-0.2, -0.15) is 0 Å². The van der Waals surface area contributed by atoms with Crippen LogP contribution in [0, 0.1) is 11.6 Å². The zero-order chi connectivity index (χ0) is 25.8. The minimum atomic E-state index is -0.611. The minimum Gasteiger partial charge on any atom is -0.457 e. The lowest BCUT2D eigenvalue weighted by molar-refractivity contribution is 0.0910. The predicted molar refractivity (Wildman–Crippen MR) is 128 cm³/mol. The Balaban J connectivity index is 1.18. The Labute approximate surface area is 208 Å². The number of imide groups is 2. The molecule has 0 fully saturated rings. The molecule has 0 spiro atoms. The van der Waals surface area contributed by atoms with Crippen LogP contribution in [-0.4, -0.2) is 23.6 Å². The number of halogens is 2. The van der Waals surface area contributed by atoms with Gasteiger partial charge >= 0.3 is 0 Å². The Bertz CT molecular complexity index is 1530. The van der Waals surface area contributed by atoms with Crippen molar-refractivity contribution in [2.45, 2.75) is 0 Å². The van der Waals surface area contributed by atoms with Gasteiger partial charge in [-0.05, 0) is 84.9 Å². The van der Waals surface area contributed by atoms with Crippen molar-refractivity contribution in [1.29, 1.82) is 0 Å². The fourth-order valence-electron chi connectivity index (χ4n) is 4.36. The third-order valence-corrected chi connectivity index (χ3v) is 6.12. The second-order valence-corrected chi connectivity index (χ2v) is 8.36. The molecule has 9 heteroatoms. The molecule has 2 aliphatic heterocycles. The third-order valence-electron chi connectivity index (χ3n) is 6.12. The molecule has 0 N–H and O–H groups in total. The molecule has 4 aromatic carbocycles. The molecule has 4 aromatic rings. The Morgan fingerprint density at radius 2 is 0.811 bits per heavy atom. The molecule has 0 atom stereocenters. The summed E-state index contributed by atoms with van der Waals surface area (Å²) < 4.78 is 32.9. The smallest absolute Gasteiger partial charge is 0.266 e. The highest BCUT2D eigenvalue weighted by molar-refractivity contribution is 6.35. The van der Waals surface area contributed by atoms with E-state index in [1.807, 2.05) is 0 Å². The quantitative estimate of drug-likeness (QED) is 0.355. The normalized spacial score (nSPS) is 14.3. The van der Waals surface area contributed by atoms with Gasteiger partial charge < -0.3 is 4.74 Å². The molecule has 2 aliphatic rings. The van der Waals surface area contributed by atoms with E-state index in [0.717, 1.165) is 34.1 Å². The first-order valence-corrected chi connectivity index (χ1v) is 11.1. The number of rotatable bonds is 4. The number of anilines is 2. The van der Waals surface area contributed by atoms with Crippen LogP contribution < -0.4 is 14.5 Å². The molecule has 0 aromatic heterocycles. The van der Waals surface area contributed by atoms with Gasteiger partial charge in [0.1, 0.15) is 23.1 Å². The van der Waals surface area contributed by atoms with Crippen molar-refractivity contribution >= 4 is 35.0 Å². The van der Waals surface area contributed by atoms with Crippen molar-refractivity contribution in [2.75, 3.05) is 9.80 Å². The molecule has 37 heavy (non-hydrogen) atoms. The van der Waals surface area contributed by atoms with Gasteiger partial charge in [0.15, 0.2) is 0 Å². The largest absolute Gasteiger partial charge is 0.457 e. The number of ether oxygens (including phenoxy) is 1. The summed E-state index contributed by atoms with van der Waals surface area (Å²) >= 11 is 0. The summed E-state index contributed by atoms with van der Waals surface area (Å²) in [7, 11) is 0. The lowest BCUT2D eigenvalue weighted by Gasteiger charge is -2.15. The van der Waals surface area contributed by atoms with E-state index in [9.17, 15) is 28.0 Å². The van der Waals surface area contributed by atoms with Crippen molar-refractivity contribution in [3.63, 3.8) is 0 Å². The molecule has 0 aliphatic carbocycles. The molecule has 6 rings (SSSR count). The second-order valence-electron chi connectivity index (χ2n) is 8.36. The van der Waals surface area contributed by atoms with E-state index < -0.39 is 35.3 Å². The maximum Gasteiger partial charge on any atom is 0.266 e. The first-order chi connectivity index (χ1) is 17.8. The predicted octanol–water partition coefficient (Wildman–Crippen LogP) is 5.36. The molecular formula is C28H14F2N2O5. The van der Waals surface area contributed by atoms with Gasteiger partial charge in [0.05, 0.1) is 33.6 Å². The summed E-state index contributed by atoms with van der Waals surface area (Å²) in [6, 6.07) is 19.3. The highest BCUT2D eigenvalue weighted by Gasteiger charge is 2.38. The van der Waals surface area contributed by atoms with Crippen LogP contribution in [-0.2, 0) is 0 Å². The summed E-state index contributed by atoms with van der Waals surface area (Å²) in [5, 5.41) is 0. The summed E-state index contributed by atoms with van der Waals surface area (Å²) in [6.45, 7) is 0. The van der Waals surface area contributed by atoms with Crippen LogP contribution in [0.3, 0.4) is 0 Å². The van der Waals surface area contributed by atoms with E-state index in [0.29, 0.717) is 22.9 Å². The third kappa shape index (κ3) is 3.56. The van der Waals surface area contributed by atoms with Gasteiger partial charge in [0, 0.05) is 0 Å². The number of hydrogen-bond donors (Lipinski definition) is 0. The molecule has 0 bridgehead atoms. The molecule has 0 saturated heterocycles. The number of nitrogens with zero attached hydrogens (tertiary/aromatic N) is 2. The Morgan fingerprint density at radius 3 is 1.19 bits per heavy atom. The monoisotopic (exact) mass is 496 g/mol. The number of carbonyl (C=O) groups excluding carboxylic acids is 4. The molecule has 2 heterocycles. The highest BCUT2D eigenvalue weighted by atomic mass is 19.1. The topological polar surface area (TPSA) is 84.0 Å². The molecule has 0 radical (unpaired) electrons. The van der Waals surface area contributed by atoms with E-state index in [1.54, 1.807) is 24.3 Å². The van der Waals surface area contributed by atoms with Crippen molar-refractivity contribution < 1.29 is 32.7 Å². The maximum absolute atomic E-state index is 13.5. The van der Waals surface area contributed by atoms with Gasteiger partial charge in [-0.15, -0.1) is 0 Å². The van der Waals surface area contributed by atoms with Gasteiger partial charge in [-0.25, -0.2) is 18.6 Å². The fraction of sp³-hybridized carbons (Fsp3) is 0. The molecule has 180 valence electrons. The molecule has 0 saturated carbocycles. The number of carbonyl (C=O) groups is 4.